The molecule has 0 bridgehead atoms. The second kappa shape index (κ2) is 4.41. The minimum Gasteiger partial charge on any atom is -0.317 e. The Labute approximate surface area is 103 Å². The van der Waals surface area contributed by atoms with Crippen molar-refractivity contribution < 1.29 is 0 Å². The zero-order valence-corrected chi connectivity index (χ0v) is 10.7. The third-order valence-corrected chi connectivity index (χ3v) is 4.57. The third kappa shape index (κ3) is 1.79. The zero-order valence-electron chi connectivity index (χ0n) is 10.7. The first-order valence-electron chi connectivity index (χ1n) is 6.99. The van der Waals surface area contributed by atoms with E-state index in [1.165, 1.54) is 43.8 Å². The lowest BCUT2D eigenvalue weighted by Gasteiger charge is -2.36. The van der Waals surface area contributed by atoms with Gasteiger partial charge in [0.1, 0.15) is 11.6 Å². The van der Waals surface area contributed by atoms with Gasteiger partial charge in [0.2, 0.25) is 0 Å². The van der Waals surface area contributed by atoms with Gasteiger partial charge in [0.25, 0.3) is 0 Å². The first-order chi connectivity index (χ1) is 8.36. The fourth-order valence-electron chi connectivity index (χ4n) is 3.34. The van der Waals surface area contributed by atoms with Crippen LogP contribution in [-0.2, 0) is 18.4 Å². The molecule has 3 heterocycles. The molecule has 0 saturated carbocycles. The van der Waals surface area contributed by atoms with Crippen LogP contribution in [0.5, 0.6) is 0 Å². The summed E-state index contributed by atoms with van der Waals surface area (Å²) in [6.45, 7) is 5.68. The third-order valence-electron chi connectivity index (χ3n) is 4.57. The molecular weight excluding hydrogens is 212 g/mol. The zero-order chi connectivity index (χ0) is 11.7. The van der Waals surface area contributed by atoms with E-state index < -0.39 is 0 Å². The molecule has 0 unspecified atom stereocenters. The largest absolute Gasteiger partial charge is 0.317 e. The predicted molar refractivity (Wildman–Crippen MR) is 67.0 cm³/mol. The van der Waals surface area contributed by atoms with Gasteiger partial charge in [-0.1, -0.05) is 6.92 Å². The SMILES string of the molecule is CCC1(c2nnc3n2CCCC3)CCNCC1. The second-order valence-electron chi connectivity index (χ2n) is 5.43. The Morgan fingerprint density at radius 1 is 1.24 bits per heavy atom. The average Bonchev–Trinajstić information content (AvgIpc) is 2.84. The van der Waals surface area contributed by atoms with Gasteiger partial charge < -0.3 is 9.88 Å². The highest BCUT2D eigenvalue weighted by Crippen LogP contribution is 2.36. The quantitative estimate of drug-likeness (QED) is 0.846. The molecular formula is C13H22N4. The van der Waals surface area contributed by atoms with E-state index in [0.29, 0.717) is 0 Å². The van der Waals surface area contributed by atoms with E-state index in [0.717, 1.165) is 26.1 Å². The highest BCUT2D eigenvalue weighted by Gasteiger charge is 2.37. The summed E-state index contributed by atoms with van der Waals surface area (Å²) in [5.74, 6) is 2.49. The molecule has 1 N–H and O–H groups in total. The van der Waals surface area contributed by atoms with E-state index in [2.05, 4.69) is 27.0 Å². The lowest BCUT2D eigenvalue weighted by Crippen LogP contribution is -2.41. The first-order valence-corrected chi connectivity index (χ1v) is 6.99. The minimum atomic E-state index is 0.286. The summed E-state index contributed by atoms with van der Waals surface area (Å²) in [6.07, 6.45) is 7.29. The molecule has 2 aliphatic rings. The molecule has 17 heavy (non-hydrogen) atoms. The van der Waals surface area contributed by atoms with Crippen LogP contribution in [0.1, 0.15) is 50.7 Å². The van der Waals surface area contributed by atoms with Crippen LogP contribution in [0.4, 0.5) is 0 Å². The summed E-state index contributed by atoms with van der Waals surface area (Å²) in [5, 5.41) is 12.4. The molecule has 0 aliphatic carbocycles. The van der Waals surface area contributed by atoms with E-state index in [9.17, 15) is 0 Å². The topological polar surface area (TPSA) is 42.7 Å². The van der Waals surface area contributed by atoms with Crippen LogP contribution in [-0.4, -0.2) is 27.9 Å². The van der Waals surface area contributed by atoms with E-state index in [1.54, 1.807) is 0 Å². The highest BCUT2D eigenvalue weighted by molar-refractivity contribution is 5.13. The number of nitrogens with zero attached hydrogens (tertiary/aromatic N) is 3. The van der Waals surface area contributed by atoms with Gasteiger partial charge in [-0.05, 0) is 45.2 Å². The molecule has 1 aromatic heterocycles. The van der Waals surface area contributed by atoms with Gasteiger partial charge in [-0.2, -0.15) is 0 Å². The van der Waals surface area contributed by atoms with E-state index in [-0.39, 0.29) is 5.41 Å². The van der Waals surface area contributed by atoms with Gasteiger partial charge in [0.15, 0.2) is 0 Å². The molecule has 1 fully saturated rings. The summed E-state index contributed by atoms with van der Waals surface area (Å²) >= 11 is 0. The Kier molecular flexibility index (Phi) is 2.90. The molecule has 3 rings (SSSR count). The monoisotopic (exact) mass is 234 g/mol. The predicted octanol–water partition coefficient (Wildman–Crippen LogP) is 1.65. The highest BCUT2D eigenvalue weighted by atomic mass is 15.3. The van der Waals surface area contributed by atoms with Crippen molar-refractivity contribution in [2.75, 3.05) is 13.1 Å². The van der Waals surface area contributed by atoms with Crippen LogP contribution in [0.2, 0.25) is 0 Å². The van der Waals surface area contributed by atoms with Gasteiger partial charge in [-0.25, -0.2) is 0 Å². The normalized spacial score (nSPS) is 23.4. The van der Waals surface area contributed by atoms with Crippen LogP contribution in [0.25, 0.3) is 0 Å². The fourth-order valence-corrected chi connectivity index (χ4v) is 3.34. The number of aryl methyl sites for hydroxylation is 1. The Bertz CT molecular complexity index is 390. The minimum absolute atomic E-state index is 0.286. The van der Waals surface area contributed by atoms with E-state index >= 15 is 0 Å². The van der Waals surface area contributed by atoms with Crippen LogP contribution >= 0.6 is 0 Å². The van der Waals surface area contributed by atoms with Crippen molar-refractivity contribution in [2.24, 2.45) is 0 Å². The van der Waals surface area contributed by atoms with Gasteiger partial charge >= 0.3 is 0 Å². The fraction of sp³-hybridized carbons (Fsp3) is 0.846. The Morgan fingerprint density at radius 3 is 2.82 bits per heavy atom. The van der Waals surface area contributed by atoms with Gasteiger partial charge in [0, 0.05) is 18.4 Å². The molecule has 0 spiro atoms. The molecule has 4 nitrogen and oxygen atoms in total. The molecule has 0 amide bonds. The molecule has 94 valence electrons. The van der Waals surface area contributed by atoms with Crippen molar-refractivity contribution in [1.29, 1.82) is 0 Å². The van der Waals surface area contributed by atoms with Gasteiger partial charge in [-0.3, -0.25) is 0 Å². The van der Waals surface area contributed by atoms with Gasteiger partial charge in [-0.15, -0.1) is 10.2 Å². The maximum atomic E-state index is 4.55. The Balaban J connectivity index is 1.98. The first kappa shape index (κ1) is 11.2. The lowest BCUT2D eigenvalue weighted by atomic mass is 9.75. The summed E-state index contributed by atoms with van der Waals surface area (Å²) in [7, 11) is 0. The van der Waals surface area contributed by atoms with Gasteiger partial charge in [0.05, 0.1) is 0 Å². The van der Waals surface area contributed by atoms with E-state index in [1.807, 2.05) is 0 Å². The van der Waals surface area contributed by atoms with Crippen molar-refractivity contribution in [3.05, 3.63) is 11.6 Å². The maximum Gasteiger partial charge on any atom is 0.139 e. The number of aromatic nitrogens is 3. The standard InChI is InChI=1S/C13H22N4/c1-2-13(6-8-14-9-7-13)12-16-15-11-5-3-4-10-17(11)12/h14H,2-10H2,1H3. The molecule has 0 radical (unpaired) electrons. The number of hydrogen-bond donors (Lipinski definition) is 1. The van der Waals surface area contributed by atoms with Crippen molar-refractivity contribution in [3.63, 3.8) is 0 Å². The van der Waals surface area contributed by atoms with Crippen LogP contribution in [0.3, 0.4) is 0 Å². The van der Waals surface area contributed by atoms with E-state index in [4.69, 9.17) is 0 Å². The van der Waals surface area contributed by atoms with Crippen LogP contribution < -0.4 is 5.32 Å². The Morgan fingerprint density at radius 2 is 2.06 bits per heavy atom. The number of nitrogens with one attached hydrogen (secondary N) is 1. The number of fused-ring (bicyclic) bond motifs is 1. The smallest absolute Gasteiger partial charge is 0.139 e. The molecule has 2 aliphatic heterocycles. The Hall–Kier alpha value is -0.900. The second-order valence-corrected chi connectivity index (χ2v) is 5.43. The molecule has 4 heteroatoms. The van der Waals surface area contributed by atoms with Crippen LogP contribution in [0, 0.1) is 0 Å². The average molecular weight is 234 g/mol. The van der Waals surface area contributed by atoms with Crippen molar-refractivity contribution in [3.8, 4) is 0 Å². The van der Waals surface area contributed by atoms with Crippen molar-refractivity contribution >= 4 is 0 Å². The number of hydrogen-bond acceptors (Lipinski definition) is 3. The molecule has 1 aromatic rings. The van der Waals surface area contributed by atoms with Crippen molar-refractivity contribution in [2.45, 2.75) is 57.4 Å². The summed E-state index contributed by atoms with van der Waals surface area (Å²) < 4.78 is 2.42. The van der Waals surface area contributed by atoms with Crippen LogP contribution in [0.15, 0.2) is 0 Å². The summed E-state index contributed by atoms with van der Waals surface area (Å²) in [5.41, 5.74) is 0.286. The molecule has 0 atom stereocenters. The van der Waals surface area contributed by atoms with Crippen molar-refractivity contribution in [1.82, 2.24) is 20.1 Å². The molecule has 0 aromatic carbocycles. The molecule has 1 saturated heterocycles. The summed E-state index contributed by atoms with van der Waals surface area (Å²) in [6, 6.07) is 0. The maximum absolute atomic E-state index is 4.55. The number of piperidine rings is 1. The summed E-state index contributed by atoms with van der Waals surface area (Å²) in [4.78, 5) is 0. The number of rotatable bonds is 2. The lowest BCUT2D eigenvalue weighted by molar-refractivity contribution is 0.269.